The second kappa shape index (κ2) is 7.61. The van der Waals surface area contributed by atoms with E-state index in [2.05, 4.69) is 0 Å². The quantitative estimate of drug-likeness (QED) is 0.790. The predicted molar refractivity (Wildman–Crippen MR) is 91.7 cm³/mol. The van der Waals surface area contributed by atoms with Gasteiger partial charge in [-0.1, -0.05) is 80.6 Å². The fourth-order valence-electron chi connectivity index (χ4n) is 2.61. The van der Waals surface area contributed by atoms with Crippen molar-refractivity contribution >= 4 is 16.9 Å². The number of carbonyl (C=O) groups is 1. The van der Waals surface area contributed by atoms with Crippen LogP contribution in [0.25, 0.3) is 0 Å². The highest BCUT2D eigenvalue weighted by Crippen LogP contribution is 2.38. The van der Waals surface area contributed by atoms with E-state index < -0.39 is 11.5 Å². The van der Waals surface area contributed by atoms with E-state index in [1.807, 2.05) is 74.5 Å². The highest BCUT2D eigenvalue weighted by molar-refractivity contribution is 8.13. The molecule has 0 unspecified atom stereocenters. The number of hydrogen-bond acceptors (Lipinski definition) is 3. The monoisotopic (exact) mass is 314 g/mol. The average Bonchev–Trinajstić information content (AvgIpc) is 2.56. The molecular formula is C19H22O2S. The van der Waals surface area contributed by atoms with Gasteiger partial charge in [0, 0.05) is 4.90 Å². The Labute approximate surface area is 136 Å². The summed E-state index contributed by atoms with van der Waals surface area (Å²) < 4.78 is 0. The van der Waals surface area contributed by atoms with Gasteiger partial charge < -0.3 is 5.11 Å². The Hall–Kier alpha value is -1.58. The molecule has 0 aliphatic rings. The van der Waals surface area contributed by atoms with Gasteiger partial charge in [-0.2, -0.15) is 0 Å². The van der Waals surface area contributed by atoms with E-state index in [0.29, 0.717) is 6.42 Å². The van der Waals surface area contributed by atoms with E-state index in [1.54, 1.807) is 0 Å². The zero-order chi connectivity index (χ0) is 16.0. The zero-order valence-electron chi connectivity index (χ0n) is 13.0. The summed E-state index contributed by atoms with van der Waals surface area (Å²) >= 11 is 1.20. The maximum absolute atomic E-state index is 12.6. The largest absolute Gasteiger partial charge is 0.384 e. The van der Waals surface area contributed by atoms with E-state index in [-0.39, 0.29) is 5.12 Å². The summed E-state index contributed by atoms with van der Waals surface area (Å²) in [6, 6.07) is 19.1. The number of benzene rings is 2. The lowest BCUT2D eigenvalue weighted by Crippen LogP contribution is -2.37. The van der Waals surface area contributed by atoms with Crippen LogP contribution >= 0.6 is 11.8 Å². The molecule has 2 rings (SSSR count). The first-order valence-electron chi connectivity index (χ1n) is 7.62. The lowest BCUT2D eigenvalue weighted by molar-refractivity contribution is -0.124. The van der Waals surface area contributed by atoms with Crippen molar-refractivity contribution in [3.63, 3.8) is 0 Å². The summed E-state index contributed by atoms with van der Waals surface area (Å²) in [7, 11) is 0. The first-order chi connectivity index (χ1) is 10.6. The van der Waals surface area contributed by atoms with E-state index in [1.165, 1.54) is 11.8 Å². The second-order valence-corrected chi connectivity index (χ2v) is 6.57. The molecule has 3 heteroatoms. The van der Waals surface area contributed by atoms with Crippen LogP contribution in [-0.2, 0) is 10.4 Å². The van der Waals surface area contributed by atoms with E-state index in [9.17, 15) is 9.90 Å². The lowest BCUT2D eigenvalue weighted by Gasteiger charge is -2.33. The molecule has 2 nitrogen and oxygen atoms in total. The predicted octanol–water partition coefficient (Wildman–Crippen LogP) is 4.63. The van der Waals surface area contributed by atoms with Crippen LogP contribution in [0.15, 0.2) is 65.6 Å². The maximum atomic E-state index is 12.6. The highest BCUT2D eigenvalue weighted by Gasteiger charge is 2.39. The van der Waals surface area contributed by atoms with Crippen molar-refractivity contribution in [2.45, 2.75) is 37.2 Å². The molecule has 0 saturated carbocycles. The standard InChI is InChI=1S/C19H22O2S/c1-3-14-19(21,16-10-6-4-7-11-16)15(2)18(20)22-17-12-8-5-9-13-17/h4-13,15,21H,3,14H2,1-2H3/t15-,19-/m1/s1. The van der Waals surface area contributed by atoms with Crippen molar-refractivity contribution in [3.8, 4) is 0 Å². The Kier molecular flexibility index (Phi) is 5.81. The molecule has 2 aromatic carbocycles. The summed E-state index contributed by atoms with van der Waals surface area (Å²) in [6.45, 7) is 3.84. The van der Waals surface area contributed by atoms with Gasteiger partial charge in [-0.05, 0) is 24.1 Å². The molecule has 1 N–H and O–H groups in total. The van der Waals surface area contributed by atoms with Crippen LogP contribution in [-0.4, -0.2) is 10.2 Å². The summed E-state index contributed by atoms with van der Waals surface area (Å²) in [4.78, 5) is 13.5. The molecule has 2 atom stereocenters. The van der Waals surface area contributed by atoms with Crippen molar-refractivity contribution in [2.24, 2.45) is 5.92 Å². The number of rotatable bonds is 6. The van der Waals surface area contributed by atoms with E-state index >= 15 is 0 Å². The Morgan fingerprint density at radius 2 is 1.64 bits per heavy atom. The van der Waals surface area contributed by atoms with Crippen molar-refractivity contribution in [1.82, 2.24) is 0 Å². The van der Waals surface area contributed by atoms with Gasteiger partial charge >= 0.3 is 0 Å². The van der Waals surface area contributed by atoms with Gasteiger partial charge in [0.15, 0.2) is 5.12 Å². The van der Waals surface area contributed by atoms with E-state index in [0.717, 1.165) is 16.9 Å². The molecule has 0 aromatic heterocycles. The molecule has 0 bridgehead atoms. The molecule has 0 aliphatic heterocycles. The van der Waals surface area contributed by atoms with Crippen LogP contribution in [0.2, 0.25) is 0 Å². The van der Waals surface area contributed by atoms with Gasteiger partial charge in [0.25, 0.3) is 0 Å². The fraction of sp³-hybridized carbons (Fsp3) is 0.316. The normalized spacial score (nSPS) is 15.0. The van der Waals surface area contributed by atoms with Gasteiger partial charge in [0.05, 0.1) is 11.5 Å². The first kappa shape index (κ1) is 16.8. The van der Waals surface area contributed by atoms with Crippen LogP contribution < -0.4 is 0 Å². The topological polar surface area (TPSA) is 37.3 Å². The SMILES string of the molecule is CCC[C@](O)(c1ccccc1)[C@H](C)C(=O)Sc1ccccc1. The molecule has 0 fully saturated rings. The zero-order valence-corrected chi connectivity index (χ0v) is 13.8. The van der Waals surface area contributed by atoms with Crippen LogP contribution in [0.4, 0.5) is 0 Å². The smallest absolute Gasteiger partial charge is 0.199 e. The Morgan fingerprint density at radius 3 is 2.18 bits per heavy atom. The minimum absolute atomic E-state index is 0.00833. The molecule has 116 valence electrons. The van der Waals surface area contributed by atoms with Crippen LogP contribution in [0, 0.1) is 5.92 Å². The van der Waals surface area contributed by atoms with Gasteiger partial charge in [0.1, 0.15) is 0 Å². The van der Waals surface area contributed by atoms with Crippen LogP contribution in [0.3, 0.4) is 0 Å². The van der Waals surface area contributed by atoms with Crippen molar-refractivity contribution in [3.05, 3.63) is 66.2 Å². The molecule has 0 radical (unpaired) electrons. The van der Waals surface area contributed by atoms with Crippen molar-refractivity contribution in [2.75, 3.05) is 0 Å². The number of carbonyl (C=O) groups excluding carboxylic acids is 1. The number of thioether (sulfide) groups is 1. The third kappa shape index (κ3) is 3.79. The van der Waals surface area contributed by atoms with Crippen molar-refractivity contribution < 1.29 is 9.90 Å². The van der Waals surface area contributed by atoms with Crippen LogP contribution in [0.1, 0.15) is 32.3 Å². The fourth-order valence-corrected chi connectivity index (χ4v) is 3.50. The van der Waals surface area contributed by atoms with Gasteiger partial charge in [-0.3, -0.25) is 4.79 Å². The van der Waals surface area contributed by atoms with E-state index in [4.69, 9.17) is 0 Å². The summed E-state index contributed by atoms with van der Waals surface area (Å²) in [5.74, 6) is -0.472. The Balaban J connectivity index is 2.22. The summed E-state index contributed by atoms with van der Waals surface area (Å²) in [5, 5.41) is 11.2. The minimum Gasteiger partial charge on any atom is -0.384 e. The summed E-state index contributed by atoms with van der Waals surface area (Å²) in [5.41, 5.74) is -0.305. The molecule has 0 saturated heterocycles. The van der Waals surface area contributed by atoms with Crippen LogP contribution in [0.5, 0.6) is 0 Å². The Bertz CT molecular complexity index is 597. The summed E-state index contributed by atoms with van der Waals surface area (Å²) in [6.07, 6.45) is 1.39. The van der Waals surface area contributed by atoms with Crippen molar-refractivity contribution in [1.29, 1.82) is 0 Å². The second-order valence-electron chi connectivity index (χ2n) is 5.50. The molecule has 0 amide bonds. The molecular weight excluding hydrogens is 292 g/mol. The first-order valence-corrected chi connectivity index (χ1v) is 8.44. The number of hydrogen-bond donors (Lipinski definition) is 1. The Morgan fingerprint density at radius 1 is 1.09 bits per heavy atom. The average molecular weight is 314 g/mol. The molecule has 0 aliphatic carbocycles. The minimum atomic E-state index is -1.12. The third-order valence-corrected chi connectivity index (χ3v) is 5.00. The van der Waals surface area contributed by atoms with Gasteiger partial charge in [-0.25, -0.2) is 0 Å². The van der Waals surface area contributed by atoms with Gasteiger partial charge in [-0.15, -0.1) is 0 Å². The molecule has 0 heterocycles. The highest BCUT2D eigenvalue weighted by atomic mass is 32.2. The maximum Gasteiger partial charge on any atom is 0.199 e. The molecule has 0 spiro atoms. The third-order valence-electron chi connectivity index (χ3n) is 3.94. The van der Waals surface area contributed by atoms with Gasteiger partial charge in [0.2, 0.25) is 0 Å². The lowest BCUT2D eigenvalue weighted by atomic mass is 9.79. The molecule has 22 heavy (non-hydrogen) atoms. The molecule has 2 aromatic rings. The number of aliphatic hydroxyl groups is 1.